The average molecular weight is 478 g/mol. The van der Waals surface area contributed by atoms with E-state index in [2.05, 4.69) is 24.3 Å². The molecule has 0 fully saturated rings. The van der Waals surface area contributed by atoms with Crippen molar-refractivity contribution in [2.75, 3.05) is 11.9 Å². The Morgan fingerprint density at radius 1 is 0.629 bits per heavy atom. The van der Waals surface area contributed by atoms with E-state index < -0.39 is 9.84 Å². The van der Waals surface area contributed by atoms with Gasteiger partial charge in [-0.2, -0.15) is 0 Å². The molecule has 1 heterocycles. The van der Waals surface area contributed by atoms with Crippen LogP contribution in [0.2, 0.25) is 0 Å². The fraction of sp³-hybridized carbons (Fsp3) is 0.0968. The van der Waals surface area contributed by atoms with E-state index in [9.17, 15) is 8.42 Å². The second-order valence-corrected chi connectivity index (χ2v) is 10.8. The van der Waals surface area contributed by atoms with Gasteiger partial charge in [0.2, 0.25) is 9.84 Å². The minimum absolute atomic E-state index is 0.336. The molecule has 0 radical (unpaired) electrons. The Kier molecular flexibility index (Phi) is 5.91. The van der Waals surface area contributed by atoms with Gasteiger partial charge in [0.05, 0.1) is 21.2 Å². The van der Waals surface area contributed by atoms with E-state index in [1.165, 1.54) is 0 Å². The number of hydrogen-bond acceptors (Lipinski definition) is 3. The van der Waals surface area contributed by atoms with E-state index in [-0.39, 0.29) is 0 Å². The molecular formula is C31H27NO2S. The smallest absolute Gasteiger partial charge is 0.210 e. The summed E-state index contributed by atoms with van der Waals surface area (Å²) < 4.78 is 27.6. The van der Waals surface area contributed by atoms with Crippen LogP contribution in [0.5, 0.6) is 0 Å². The molecule has 0 unspecified atom stereocenters. The summed E-state index contributed by atoms with van der Waals surface area (Å²) in [4.78, 5) is 2.63. The van der Waals surface area contributed by atoms with Crippen molar-refractivity contribution >= 4 is 44.5 Å². The number of sulfone groups is 1. The Morgan fingerprint density at radius 3 is 1.43 bits per heavy atom. The van der Waals surface area contributed by atoms with Crippen LogP contribution in [0.4, 0.5) is 11.4 Å². The summed E-state index contributed by atoms with van der Waals surface area (Å²) in [6.07, 6.45) is 4.06. The van der Waals surface area contributed by atoms with Crippen molar-refractivity contribution in [3.63, 3.8) is 0 Å². The van der Waals surface area contributed by atoms with Crippen molar-refractivity contribution in [2.45, 2.75) is 23.6 Å². The van der Waals surface area contributed by atoms with E-state index in [4.69, 9.17) is 0 Å². The third kappa shape index (κ3) is 4.33. The van der Waals surface area contributed by atoms with E-state index >= 15 is 0 Å². The largest absolute Gasteiger partial charge is 0.342 e. The first kappa shape index (κ1) is 22.9. The van der Waals surface area contributed by atoms with Crippen molar-refractivity contribution in [3.05, 3.63) is 119 Å². The first-order valence-corrected chi connectivity index (χ1v) is 13.1. The van der Waals surface area contributed by atoms with Gasteiger partial charge >= 0.3 is 0 Å². The van der Waals surface area contributed by atoms with E-state index in [0.717, 1.165) is 33.4 Å². The van der Waals surface area contributed by atoms with Crippen LogP contribution in [0, 0.1) is 0 Å². The fourth-order valence-corrected chi connectivity index (χ4v) is 6.32. The molecule has 174 valence electrons. The Bertz CT molecular complexity index is 1450. The van der Waals surface area contributed by atoms with Gasteiger partial charge in [0.15, 0.2) is 0 Å². The highest BCUT2D eigenvalue weighted by molar-refractivity contribution is 7.92. The van der Waals surface area contributed by atoms with Crippen LogP contribution in [0.25, 0.3) is 23.3 Å². The predicted molar refractivity (Wildman–Crippen MR) is 146 cm³/mol. The molecule has 0 atom stereocenters. The topological polar surface area (TPSA) is 37.4 Å². The van der Waals surface area contributed by atoms with Crippen molar-refractivity contribution in [2.24, 2.45) is 0 Å². The number of benzene rings is 4. The summed E-state index contributed by atoms with van der Waals surface area (Å²) >= 11 is 0. The van der Waals surface area contributed by atoms with Crippen LogP contribution in [0.1, 0.15) is 36.1 Å². The molecule has 0 bridgehead atoms. The Labute approximate surface area is 207 Å². The molecule has 0 aromatic heterocycles. The molecular weight excluding hydrogens is 450 g/mol. The van der Waals surface area contributed by atoms with Crippen molar-refractivity contribution in [1.29, 1.82) is 0 Å². The van der Waals surface area contributed by atoms with Crippen LogP contribution in [-0.2, 0) is 9.84 Å². The first-order chi connectivity index (χ1) is 16.8. The van der Waals surface area contributed by atoms with Crippen LogP contribution in [0.3, 0.4) is 0 Å². The maximum atomic E-state index is 13.8. The van der Waals surface area contributed by atoms with Crippen LogP contribution < -0.4 is 4.90 Å². The third-order valence-corrected chi connectivity index (χ3v) is 8.31. The summed E-state index contributed by atoms with van der Waals surface area (Å²) in [5.74, 6) is 0. The van der Waals surface area contributed by atoms with Gasteiger partial charge in [-0.25, -0.2) is 8.42 Å². The van der Waals surface area contributed by atoms with Crippen LogP contribution in [-0.4, -0.2) is 15.5 Å². The summed E-state index contributed by atoms with van der Waals surface area (Å²) in [6.45, 7) is 4.08. The monoisotopic (exact) mass is 477 g/mol. The second-order valence-electron chi connectivity index (χ2n) is 8.90. The zero-order valence-corrected chi connectivity index (χ0v) is 20.9. The van der Waals surface area contributed by atoms with E-state index in [0.29, 0.717) is 21.2 Å². The van der Waals surface area contributed by atoms with Gasteiger partial charge in [-0.05, 0) is 71.5 Å². The van der Waals surface area contributed by atoms with Gasteiger partial charge < -0.3 is 4.90 Å². The quantitative estimate of drug-likeness (QED) is 0.282. The standard InChI is InChI=1S/C31H27NO2S/c1-22(26-10-6-4-7-11-26)18-24-14-16-28-30(20-24)35(33,34)31-21-25(15-17-29(31)32(28)3)19-23(2)27-12-8-5-9-13-27/h4-21H,1-3H3. The second kappa shape index (κ2) is 9.05. The normalized spacial score (nSPS) is 14.9. The molecule has 1 aliphatic heterocycles. The lowest BCUT2D eigenvalue weighted by Gasteiger charge is -2.30. The zero-order chi connectivity index (χ0) is 24.6. The number of nitrogens with zero attached hydrogens (tertiary/aromatic N) is 1. The van der Waals surface area contributed by atoms with Crippen molar-refractivity contribution < 1.29 is 8.42 Å². The molecule has 3 nitrogen and oxygen atoms in total. The van der Waals surface area contributed by atoms with Gasteiger partial charge in [-0.1, -0.05) is 84.9 Å². The van der Waals surface area contributed by atoms with Gasteiger partial charge in [0.1, 0.15) is 0 Å². The Morgan fingerprint density at radius 2 is 1.03 bits per heavy atom. The maximum Gasteiger partial charge on any atom is 0.210 e. The number of rotatable bonds is 4. The molecule has 0 aliphatic carbocycles. The highest BCUT2D eigenvalue weighted by Crippen LogP contribution is 2.44. The number of allylic oxidation sites excluding steroid dienone is 2. The van der Waals surface area contributed by atoms with Crippen molar-refractivity contribution in [1.82, 2.24) is 0 Å². The highest BCUT2D eigenvalue weighted by atomic mass is 32.2. The van der Waals surface area contributed by atoms with Crippen molar-refractivity contribution in [3.8, 4) is 0 Å². The molecule has 4 aromatic rings. The first-order valence-electron chi connectivity index (χ1n) is 11.6. The number of fused-ring (bicyclic) bond motifs is 2. The highest BCUT2D eigenvalue weighted by Gasteiger charge is 2.32. The molecule has 4 aromatic carbocycles. The lowest BCUT2D eigenvalue weighted by molar-refractivity contribution is 0.594. The summed E-state index contributed by atoms with van der Waals surface area (Å²) in [5.41, 5.74) is 7.49. The molecule has 1 aliphatic rings. The van der Waals surface area contributed by atoms with Gasteiger partial charge in [-0.15, -0.1) is 0 Å². The Hall–Kier alpha value is -3.89. The SMILES string of the molecule is CC(=Cc1ccc2c(c1)S(=O)(=O)c1cc(C=C(C)c3ccccc3)ccc1N2C)c1ccccc1. The third-order valence-electron chi connectivity index (χ3n) is 6.49. The zero-order valence-electron chi connectivity index (χ0n) is 20.1. The molecule has 0 amide bonds. The van der Waals surface area contributed by atoms with Gasteiger partial charge in [0.25, 0.3) is 0 Å². The summed E-state index contributed by atoms with van der Waals surface area (Å²) in [5, 5.41) is 0. The fourth-order valence-electron chi connectivity index (χ4n) is 4.54. The van der Waals surface area contributed by atoms with Gasteiger partial charge in [0, 0.05) is 7.05 Å². The molecule has 0 saturated carbocycles. The minimum atomic E-state index is -3.68. The van der Waals surface area contributed by atoms with Crippen LogP contribution in [0.15, 0.2) is 107 Å². The predicted octanol–water partition coefficient (Wildman–Crippen LogP) is 7.72. The molecule has 0 saturated heterocycles. The maximum absolute atomic E-state index is 13.8. The van der Waals surface area contributed by atoms with E-state index in [1.54, 1.807) is 12.1 Å². The molecule has 0 N–H and O–H groups in total. The lowest BCUT2D eigenvalue weighted by atomic mass is 10.0. The average Bonchev–Trinajstić information content (AvgIpc) is 2.88. The molecule has 4 heteroatoms. The number of anilines is 2. The Balaban J connectivity index is 1.56. The molecule has 5 rings (SSSR count). The van der Waals surface area contributed by atoms with E-state index in [1.807, 2.05) is 98.6 Å². The minimum Gasteiger partial charge on any atom is -0.342 e. The number of hydrogen-bond donors (Lipinski definition) is 0. The summed E-state index contributed by atoms with van der Waals surface area (Å²) in [6, 6.07) is 31.5. The van der Waals surface area contributed by atoms with Crippen LogP contribution >= 0.6 is 0 Å². The summed E-state index contributed by atoms with van der Waals surface area (Å²) in [7, 11) is -1.76. The molecule has 0 spiro atoms. The van der Waals surface area contributed by atoms with Gasteiger partial charge in [-0.3, -0.25) is 0 Å². The lowest BCUT2D eigenvalue weighted by Crippen LogP contribution is -2.22. The molecule has 35 heavy (non-hydrogen) atoms.